The van der Waals surface area contributed by atoms with Gasteiger partial charge in [0.15, 0.2) is 12.2 Å². The number of benzene rings is 1. The fourth-order valence-corrected chi connectivity index (χ4v) is 4.90. The molecule has 2 aliphatic rings. The highest BCUT2D eigenvalue weighted by Crippen LogP contribution is 2.39. The number of aliphatic hydroxyl groups is 4. The number of halogens is 1. The van der Waals surface area contributed by atoms with Gasteiger partial charge >= 0.3 is 5.97 Å². The van der Waals surface area contributed by atoms with Gasteiger partial charge in [0.25, 0.3) is 0 Å². The number of quaternary nitrogens is 1. The first-order valence-electron chi connectivity index (χ1n) is 10.8. The summed E-state index contributed by atoms with van der Waals surface area (Å²) in [7, 11) is 3.30. The van der Waals surface area contributed by atoms with Gasteiger partial charge in [-0.3, -0.25) is 0 Å². The van der Waals surface area contributed by atoms with E-state index in [0.717, 1.165) is 24.8 Å². The highest BCUT2D eigenvalue weighted by molar-refractivity contribution is 5.73. The van der Waals surface area contributed by atoms with Crippen molar-refractivity contribution in [2.45, 2.75) is 74.3 Å². The number of hydrogen-bond donors (Lipinski definition) is 6. The zero-order valence-electron chi connectivity index (χ0n) is 18.4. The van der Waals surface area contributed by atoms with Gasteiger partial charge in [0.2, 0.25) is 6.23 Å². The van der Waals surface area contributed by atoms with E-state index in [0.29, 0.717) is 30.0 Å². The Bertz CT molecular complexity index is 742. The minimum absolute atomic E-state index is 0. The number of ether oxygens (including phenoxy) is 2. The molecule has 7 atom stereocenters. The van der Waals surface area contributed by atoms with Crippen LogP contribution in [0.3, 0.4) is 0 Å². The Labute approximate surface area is 194 Å². The molecule has 1 aliphatic heterocycles. The maximum Gasteiger partial charge on any atom is 0.335 e. The van der Waals surface area contributed by atoms with Crippen molar-refractivity contribution in [3.05, 3.63) is 29.8 Å². The molecule has 1 saturated carbocycles. The number of hydrogen-bond acceptors (Lipinski definition) is 7. The molecule has 9 nitrogen and oxygen atoms in total. The van der Waals surface area contributed by atoms with E-state index >= 15 is 0 Å². The summed E-state index contributed by atoms with van der Waals surface area (Å²) in [6.07, 6.45) is -3.38. The van der Waals surface area contributed by atoms with Crippen molar-refractivity contribution in [3.63, 3.8) is 0 Å². The van der Waals surface area contributed by atoms with Gasteiger partial charge in [0.05, 0.1) is 32.2 Å². The number of carboxylic acids is 1. The second-order valence-corrected chi connectivity index (χ2v) is 8.83. The van der Waals surface area contributed by atoms with Crippen LogP contribution in [-0.4, -0.2) is 88.4 Å². The van der Waals surface area contributed by atoms with Crippen LogP contribution in [0.5, 0.6) is 5.75 Å². The first-order valence-corrected chi connectivity index (χ1v) is 10.8. The zero-order valence-corrected chi connectivity index (χ0v) is 19.1. The standard InChI is InChI=1S/C22H33NO8.ClH/c1-23(20-18(26)16(24)17(25)19(31-20)21(27)28)12-15(22(29)10-4-3-5-11-22)13-6-8-14(30-2)9-7-13;/h6-9,15-20,24-26,29H,3-5,10-12H2,1-2H3,(H,27,28);1H. The van der Waals surface area contributed by atoms with Crippen LogP contribution in [0.15, 0.2) is 24.3 Å². The van der Waals surface area contributed by atoms with E-state index in [1.165, 1.54) is 0 Å². The lowest BCUT2D eigenvalue weighted by molar-refractivity contribution is -0.939. The Balaban J connectivity index is 0.00000363. The van der Waals surface area contributed by atoms with E-state index in [9.17, 15) is 30.3 Å². The molecule has 2 fully saturated rings. The molecule has 6 N–H and O–H groups in total. The largest absolute Gasteiger partial charge is 1.00 e. The van der Waals surface area contributed by atoms with Crippen LogP contribution < -0.4 is 22.0 Å². The zero-order chi connectivity index (χ0) is 22.8. The summed E-state index contributed by atoms with van der Waals surface area (Å²) < 4.78 is 10.7. The maximum absolute atomic E-state index is 11.5. The average molecular weight is 476 g/mol. The third-order valence-electron chi connectivity index (χ3n) is 6.75. The van der Waals surface area contributed by atoms with Crippen molar-refractivity contribution in [1.29, 1.82) is 0 Å². The quantitative estimate of drug-likeness (QED) is 0.234. The lowest BCUT2D eigenvalue weighted by Gasteiger charge is -2.44. The number of rotatable bonds is 7. The molecule has 0 bridgehead atoms. The normalized spacial score (nSPS) is 31.8. The molecule has 1 heterocycles. The molecular formula is C22H34ClNO8. The number of nitrogens with one attached hydrogen (secondary N) is 1. The van der Waals surface area contributed by atoms with E-state index in [1.54, 1.807) is 14.2 Å². The molecule has 7 unspecified atom stereocenters. The monoisotopic (exact) mass is 475 g/mol. The van der Waals surface area contributed by atoms with E-state index in [-0.39, 0.29) is 18.3 Å². The van der Waals surface area contributed by atoms with E-state index in [2.05, 4.69) is 0 Å². The predicted octanol–water partition coefficient (Wildman–Crippen LogP) is -4.12. The highest BCUT2D eigenvalue weighted by Gasteiger charge is 2.51. The number of carboxylic acid groups (broad SMARTS) is 1. The molecule has 0 aromatic heterocycles. The molecule has 1 aromatic rings. The molecule has 1 saturated heterocycles. The van der Waals surface area contributed by atoms with Gasteiger partial charge in [0, 0.05) is 0 Å². The topological polar surface area (TPSA) is 141 Å². The predicted molar refractivity (Wildman–Crippen MR) is 110 cm³/mol. The number of likely N-dealkylation sites (N-methyl/N-ethyl adjacent to an activating group) is 1. The lowest BCUT2D eigenvalue weighted by atomic mass is 9.72. The molecule has 10 heteroatoms. The number of aliphatic carboxylic acids is 1. The SMILES string of the molecule is COc1ccc(C(C[NH+](C)C2OC(C(=O)O)C(O)C(O)C2O)C2(O)CCCCC2)cc1.[Cl-]. The van der Waals surface area contributed by atoms with Crippen LogP contribution in [0, 0.1) is 0 Å². The van der Waals surface area contributed by atoms with Crippen LogP contribution >= 0.6 is 0 Å². The summed E-state index contributed by atoms with van der Waals surface area (Å²) in [5.41, 5.74) is -0.0388. The molecule has 0 spiro atoms. The average Bonchev–Trinajstić information content (AvgIpc) is 2.76. The number of aliphatic hydroxyl groups excluding tert-OH is 3. The summed E-state index contributed by atoms with van der Waals surface area (Å²) >= 11 is 0. The Morgan fingerprint density at radius 2 is 1.72 bits per heavy atom. The van der Waals surface area contributed by atoms with Gasteiger partial charge in [-0.1, -0.05) is 31.4 Å². The summed E-state index contributed by atoms with van der Waals surface area (Å²) in [6.45, 7) is 0.333. The molecule has 1 aliphatic carbocycles. The van der Waals surface area contributed by atoms with Gasteiger partial charge in [-0.05, 0) is 30.5 Å². The van der Waals surface area contributed by atoms with Gasteiger partial charge in [-0.2, -0.15) is 0 Å². The molecule has 1 aromatic carbocycles. The van der Waals surface area contributed by atoms with Gasteiger partial charge in [-0.15, -0.1) is 0 Å². The van der Waals surface area contributed by atoms with Crippen molar-refractivity contribution in [2.24, 2.45) is 0 Å². The number of methoxy groups -OCH3 is 1. The van der Waals surface area contributed by atoms with Crippen LogP contribution in [0.1, 0.15) is 43.6 Å². The highest BCUT2D eigenvalue weighted by atomic mass is 35.5. The third-order valence-corrected chi connectivity index (χ3v) is 6.75. The van der Waals surface area contributed by atoms with E-state index in [1.807, 2.05) is 24.3 Å². The second kappa shape index (κ2) is 11.1. The molecule has 182 valence electrons. The van der Waals surface area contributed by atoms with E-state index < -0.39 is 42.2 Å². The van der Waals surface area contributed by atoms with Crippen molar-refractivity contribution in [2.75, 3.05) is 20.7 Å². The van der Waals surface area contributed by atoms with Gasteiger partial charge < -0.3 is 52.3 Å². The lowest BCUT2D eigenvalue weighted by Crippen LogP contribution is -3.16. The maximum atomic E-state index is 11.5. The minimum atomic E-state index is -1.73. The summed E-state index contributed by atoms with van der Waals surface area (Å²) in [5.74, 6) is -1.01. The molecular weight excluding hydrogens is 442 g/mol. The second-order valence-electron chi connectivity index (χ2n) is 8.83. The molecule has 32 heavy (non-hydrogen) atoms. The molecule has 0 radical (unpaired) electrons. The Hall–Kier alpha value is -1.46. The summed E-state index contributed by atoms with van der Waals surface area (Å²) in [4.78, 5) is 12.1. The molecule has 0 amide bonds. The fraction of sp³-hybridized carbons (Fsp3) is 0.682. The van der Waals surface area contributed by atoms with Crippen molar-refractivity contribution in [1.82, 2.24) is 0 Å². The Morgan fingerprint density at radius 3 is 2.25 bits per heavy atom. The minimum Gasteiger partial charge on any atom is -1.00 e. The van der Waals surface area contributed by atoms with Crippen LogP contribution in [0.2, 0.25) is 0 Å². The Morgan fingerprint density at radius 1 is 1.12 bits per heavy atom. The summed E-state index contributed by atoms with van der Waals surface area (Å²) in [6, 6.07) is 7.47. The smallest absolute Gasteiger partial charge is 0.335 e. The van der Waals surface area contributed by atoms with Crippen molar-refractivity contribution in [3.8, 4) is 5.75 Å². The van der Waals surface area contributed by atoms with Gasteiger partial charge in [-0.25, -0.2) is 4.79 Å². The van der Waals surface area contributed by atoms with Crippen LogP contribution in [0.25, 0.3) is 0 Å². The van der Waals surface area contributed by atoms with Crippen molar-refractivity contribution >= 4 is 5.97 Å². The van der Waals surface area contributed by atoms with Gasteiger partial charge in [0.1, 0.15) is 18.0 Å². The first-order chi connectivity index (χ1) is 14.7. The van der Waals surface area contributed by atoms with Crippen LogP contribution in [-0.2, 0) is 9.53 Å². The fourth-order valence-electron chi connectivity index (χ4n) is 4.90. The van der Waals surface area contributed by atoms with E-state index in [4.69, 9.17) is 9.47 Å². The summed E-state index contributed by atoms with van der Waals surface area (Å²) in [5, 5.41) is 51.5. The van der Waals surface area contributed by atoms with Crippen LogP contribution in [0.4, 0.5) is 0 Å². The van der Waals surface area contributed by atoms with Crippen molar-refractivity contribution < 1.29 is 57.1 Å². The third kappa shape index (κ3) is 5.53. The molecule has 3 rings (SSSR count). The Kier molecular flexibility index (Phi) is 9.30. The number of carbonyl (C=O) groups is 1. The first kappa shape index (κ1) is 26.8.